The summed E-state index contributed by atoms with van der Waals surface area (Å²) in [5.74, 6) is -0.172. The van der Waals surface area contributed by atoms with Gasteiger partial charge < -0.3 is 14.5 Å². The fourth-order valence-corrected chi connectivity index (χ4v) is 2.84. The Morgan fingerprint density at radius 1 is 1.33 bits per heavy atom. The van der Waals surface area contributed by atoms with Crippen LogP contribution in [0.5, 0.6) is 5.75 Å². The molecule has 134 valence electrons. The molecule has 1 amide bonds. The number of hydrogen-bond donors (Lipinski definition) is 0. The molecule has 1 aliphatic heterocycles. The summed E-state index contributed by atoms with van der Waals surface area (Å²) in [5.41, 5.74) is -0.784. The van der Waals surface area contributed by atoms with E-state index in [0.29, 0.717) is 0 Å². The number of benzene rings is 1. The first-order chi connectivity index (χ1) is 11.3. The predicted octanol–water partition coefficient (Wildman–Crippen LogP) is 3.03. The van der Waals surface area contributed by atoms with E-state index in [1.165, 1.54) is 12.1 Å². The quantitative estimate of drug-likeness (QED) is 0.823. The molecule has 1 aromatic rings. The van der Waals surface area contributed by atoms with Crippen molar-refractivity contribution in [1.29, 1.82) is 0 Å². The number of alkyl halides is 3. The molecule has 2 rings (SSSR count). The Morgan fingerprint density at radius 3 is 2.58 bits per heavy atom. The molecule has 0 aromatic heterocycles. The first kappa shape index (κ1) is 18.6. The predicted molar refractivity (Wildman–Crippen MR) is 84.8 cm³/mol. The standard InChI is InChI=1S/C17H23F3N2O2/c1-3-22-9-7-14(8-10-22)21(2)16(23)12-24-15-6-4-5-13(11-15)17(18,19)20/h4-6,11,14H,3,7-10,12H2,1-2H3. The van der Waals surface area contributed by atoms with Crippen LogP contribution < -0.4 is 4.74 Å². The van der Waals surface area contributed by atoms with E-state index in [0.717, 1.165) is 44.6 Å². The molecule has 7 heteroatoms. The Balaban J connectivity index is 1.87. The number of likely N-dealkylation sites (tertiary alicyclic amines) is 1. The van der Waals surface area contributed by atoms with Crippen LogP contribution in [0.1, 0.15) is 25.3 Å². The lowest BCUT2D eigenvalue weighted by Crippen LogP contribution is -2.46. The largest absolute Gasteiger partial charge is 0.484 e. The monoisotopic (exact) mass is 344 g/mol. The zero-order valence-electron chi connectivity index (χ0n) is 14.0. The van der Waals surface area contributed by atoms with Crippen LogP contribution in [0, 0.1) is 0 Å². The van der Waals surface area contributed by atoms with Crippen LogP contribution in [0.2, 0.25) is 0 Å². The summed E-state index contributed by atoms with van der Waals surface area (Å²) in [7, 11) is 1.73. The summed E-state index contributed by atoms with van der Waals surface area (Å²) >= 11 is 0. The second-order valence-corrected chi connectivity index (χ2v) is 5.98. The summed E-state index contributed by atoms with van der Waals surface area (Å²) in [4.78, 5) is 16.2. The maximum Gasteiger partial charge on any atom is 0.416 e. The molecule has 0 saturated carbocycles. The molecule has 1 aromatic carbocycles. The van der Waals surface area contributed by atoms with Crippen molar-refractivity contribution in [2.75, 3.05) is 33.3 Å². The minimum atomic E-state index is -4.42. The van der Waals surface area contributed by atoms with Crippen molar-refractivity contribution in [3.63, 3.8) is 0 Å². The molecule has 0 N–H and O–H groups in total. The second-order valence-electron chi connectivity index (χ2n) is 5.98. The number of likely N-dealkylation sites (N-methyl/N-ethyl adjacent to an activating group) is 1. The van der Waals surface area contributed by atoms with Gasteiger partial charge in [-0.2, -0.15) is 13.2 Å². The Labute approximate surface area is 140 Å². The van der Waals surface area contributed by atoms with Gasteiger partial charge in [-0.05, 0) is 37.6 Å². The fourth-order valence-electron chi connectivity index (χ4n) is 2.84. The lowest BCUT2D eigenvalue weighted by atomic mass is 10.0. The van der Waals surface area contributed by atoms with E-state index in [1.54, 1.807) is 11.9 Å². The molecule has 1 saturated heterocycles. The van der Waals surface area contributed by atoms with Crippen LogP contribution in [0.3, 0.4) is 0 Å². The van der Waals surface area contributed by atoms with Crippen LogP contribution in [-0.4, -0.2) is 55.0 Å². The zero-order valence-corrected chi connectivity index (χ0v) is 14.0. The van der Waals surface area contributed by atoms with Gasteiger partial charge in [0.15, 0.2) is 6.61 Å². The number of piperidine rings is 1. The number of halogens is 3. The van der Waals surface area contributed by atoms with Gasteiger partial charge in [0.25, 0.3) is 5.91 Å². The molecule has 1 heterocycles. The van der Waals surface area contributed by atoms with Crippen LogP contribution in [0.15, 0.2) is 24.3 Å². The molecule has 0 unspecified atom stereocenters. The van der Waals surface area contributed by atoms with Crippen molar-refractivity contribution in [3.05, 3.63) is 29.8 Å². The average Bonchev–Trinajstić information content (AvgIpc) is 2.58. The highest BCUT2D eigenvalue weighted by molar-refractivity contribution is 5.77. The van der Waals surface area contributed by atoms with Gasteiger partial charge in [0.05, 0.1) is 5.56 Å². The van der Waals surface area contributed by atoms with Crippen LogP contribution in [-0.2, 0) is 11.0 Å². The Hall–Kier alpha value is -1.76. The summed E-state index contributed by atoms with van der Waals surface area (Å²) in [6, 6.07) is 4.73. The molecular formula is C17H23F3N2O2. The second kappa shape index (κ2) is 7.88. The fraction of sp³-hybridized carbons (Fsp3) is 0.588. The minimum absolute atomic E-state index is 0.0485. The highest BCUT2D eigenvalue weighted by Gasteiger charge is 2.31. The van der Waals surface area contributed by atoms with Crippen molar-refractivity contribution in [3.8, 4) is 5.75 Å². The van der Waals surface area contributed by atoms with E-state index >= 15 is 0 Å². The van der Waals surface area contributed by atoms with Crippen molar-refractivity contribution in [2.45, 2.75) is 32.0 Å². The van der Waals surface area contributed by atoms with Gasteiger partial charge in [0.1, 0.15) is 5.75 Å². The van der Waals surface area contributed by atoms with Crippen LogP contribution in [0.25, 0.3) is 0 Å². The lowest BCUT2D eigenvalue weighted by Gasteiger charge is -2.36. The van der Waals surface area contributed by atoms with Crippen molar-refractivity contribution < 1.29 is 22.7 Å². The van der Waals surface area contributed by atoms with Crippen molar-refractivity contribution in [1.82, 2.24) is 9.80 Å². The first-order valence-corrected chi connectivity index (χ1v) is 8.09. The van der Waals surface area contributed by atoms with Gasteiger partial charge >= 0.3 is 6.18 Å². The number of nitrogens with zero attached hydrogens (tertiary/aromatic N) is 2. The third-order valence-electron chi connectivity index (χ3n) is 4.47. The Morgan fingerprint density at radius 2 is 2.00 bits per heavy atom. The molecule has 1 fully saturated rings. The molecule has 24 heavy (non-hydrogen) atoms. The number of amides is 1. The number of ether oxygens (including phenoxy) is 1. The molecule has 0 bridgehead atoms. The van der Waals surface area contributed by atoms with E-state index in [9.17, 15) is 18.0 Å². The summed E-state index contributed by atoms with van der Waals surface area (Å²) in [6.45, 7) is 4.76. The summed E-state index contributed by atoms with van der Waals surface area (Å²) in [5, 5.41) is 0. The number of carbonyl (C=O) groups is 1. The smallest absolute Gasteiger partial charge is 0.416 e. The van der Waals surface area contributed by atoms with Gasteiger partial charge in [0.2, 0.25) is 0 Å². The summed E-state index contributed by atoms with van der Waals surface area (Å²) < 4.78 is 43.2. The molecule has 0 spiro atoms. The van der Waals surface area contributed by atoms with E-state index in [-0.39, 0.29) is 24.3 Å². The Kier molecular flexibility index (Phi) is 6.10. The third-order valence-corrected chi connectivity index (χ3v) is 4.47. The topological polar surface area (TPSA) is 32.8 Å². The Bertz CT molecular complexity index is 555. The number of hydrogen-bond acceptors (Lipinski definition) is 3. The maximum atomic E-state index is 12.7. The zero-order chi connectivity index (χ0) is 17.7. The van der Waals surface area contributed by atoms with Gasteiger partial charge in [-0.15, -0.1) is 0 Å². The van der Waals surface area contributed by atoms with Gasteiger partial charge in [0, 0.05) is 26.2 Å². The molecule has 0 atom stereocenters. The summed E-state index contributed by atoms with van der Waals surface area (Å²) in [6.07, 6.45) is -2.62. The van der Waals surface area contributed by atoms with E-state index < -0.39 is 11.7 Å². The average molecular weight is 344 g/mol. The van der Waals surface area contributed by atoms with Gasteiger partial charge in [-0.3, -0.25) is 4.79 Å². The van der Waals surface area contributed by atoms with Crippen LogP contribution in [0.4, 0.5) is 13.2 Å². The molecule has 0 radical (unpaired) electrons. The lowest BCUT2D eigenvalue weighted by molar-refractivity contribution is -0.137. The molecule has 0 aliphatic carbocycles. The number of carbonyl (C=O) groups excluding carboxylic acids is 1. The highest BCUT2D eigenvalue weighted by Crippen LogP contribution is 2.31. The van der Waals surface area contributed by atoms with E-state index in [2.05, 4.69) is 11.8 Å². The third kappa shape index (κ3) is 4.87. The van der Waals surface area contributed by atoms with E-state index in [1.807, 2.05) is 0 Å². The van der Waals surface area contributed by atoms with Gasteiger partial charge in [-0.25, -0.2) is 0 Å². The van der Waals surface area contributed by atoms with E-state index in [4.69, 9.17) is 4.74 Å². The number of rotatable bonds is 5. The maximum absolute atomic E-state index is 12.7. The van der Waals surface area contributed by atoms with Crippen molar-refractivity contribution >= 4 is 5.91 Å². The first-order valence-electron chi connectivity index (χ1n) is 8.09. The SMILES string of the molecule is CCN1CCC(N(C)C(=O)COc2cccc(C(F)(F)F)c2)CC1. The normalized spacial score (nSPS) is 16.9. The van der Waals surface area contributed by atoms with Crippen molar-refractivity contribution in [2.24, 2.45) is 0 Å². The minimum Gasteiger partial charge on any atom is -0.484 e. The molecular weight excluding hydrogens is 321 g/mol. The van der Waals surface area contributed by atoms with Gasteiger partial charge in [-0.1, -0.05) is 13.0 Å². The highest BCUT2D eigenvalue weighted by atomic mass is 19.4. The van der Waals surface area contributed by atoms with Crippen LogP contribution >= 0.6 is 0 Å². The molecule has 4 nitrogen and oxygen atoms in total. The molecule has 1 aliphatic rings.